The Balaban J connectivity index is 2.22. The number of rotatable bonds is 5. The molecule has 1 aromatic carbocycles. The summed E-state index contributed by atoms with van der Waals surface area (Å²) in [5.74, 6) is 0.649. The molecule has 0 radical (unpaired) electrons. The van der Waals surface area contributed by atoms with Gasteiger partial charge in [0.25, 0.3) is 0 Å². The predicted octanol–water partition coefficient (Wildman–Crippen LogP) is 1.86. The average molecular weight is 267 g/mol. The lowest BCUT2D eigenvalue weighted by atomic mass is 10.3. The number of hydrogen-bond acceptors (Lipinski definition) is 4. The molecule has 1 heterocycles. The molecule has 0 atom stereocenters. The Kier molecular flexibility index (Phi) is 3.56. The SMILES string of the molecule is CCCCS(=O)(=O)Cc1nc2ccc(N)cc2[nH]1. The van der Waals surface area contributed by atoms with Crippen LogP contribution < -0.4 is 5.73 Å². The van der Waals surface area contributed by atoms with Gasteiger partial charge >= 0.3 is 0 Å². The van der Waals surface area contributed by atoms with Gasteiger partial charge in [-0.15, -0.1) is 0 Å². The van der Waals surface area contributed by atoms with Gasteiger partial charge in [-0.2, -0.15) is 0 Å². The second kappa shape index (κ2) is 4.97. The molecule has 0 aliphatic heterocycles. The molecule has 0 aliphatic carbocycles. The minimum Gasteiger partial charge on any atom is -0.399 e. The number of H-pyrrole nitrogens is 1. The van der Waals surface area contributed by atoms with E-state index in [4.69, 9.17) is 5.73 Å². The zero-order valence-corrected chi connectivity index (χ0v) is 11.1. The topological polar surface area (TPSA) is 88.8 Å². The second-order valence-corrected chi connectivity index (χ2v) is 6.59. The number of nitrogens with two attached hydrogens (primary N) is 1. The van der Waals surface area contributed by atoms with Gasteiger partial charge in [0.15, 0.2) is 9.84 Å². The number of nitrogen functional groups attached to an aromatic ring is 1. The zero-order chi connectivity index (χ0) is 13.2. The first-order valence-electron chi connectivity index (χ1n) is 5.95. The highest BCUT2D eigenvalue weighted by Crippen LogP contribution is 2.16. The van der Waals surface area contributed by atoms with Crippen molar-refractivity contribution < 1.29 is 8.42 Å². The number of anilines is 1. The fraction of sp³-hybridized carbons (Fsp3) is 0.417. The number of aromatic nitrogens is 2. The van der Waals surface area contributed by atoms with Crippen molar-refractivity contribution in [1.29, 1.82) is 0 Å². The molecular formula is C12H17N3O2S. The fourth-order valence-corrected chi connectivity index (χ4v) is 3.22. The van der Waals surface area contributed by atoms with Crippen LogP contribution in [-0.4, -0.2) is 24.1 Å². The Morgan fingerprint density at radius 2 is 2.17 bits per heavy atom. The van der Waals surface area contributed by atoms with Crippen molar-refractivity contribution in [3.63, 3.8) is 0 Å². The number of benzene rings is 1. The van der Waals surface area contributed by atoms with Gasteiger partial charge in [0.1, 0.15) is 11.6 Å². The third kappa shape index (κ3) is 3.01. The summed E-state index contributed by atoms with van der Waals surface area (Å²) in [7, 11) is -3.08. The highest BCUT2D eigenvalue weighted by molar-refractivity contribution is 7.90. The van der Waals surface area contributed by atoms with Crippen LogP contribution in [0.5, 0.6) is 0 Å². The standard InChI is InChI=1S/C12H17N3O2S/c1-2-3-6-18(16,17)8-12-14-10-5-4-9(13)7-11(10)15-12/h4-5,7H,2-3,6,8,13H2,1H3,(H,14,15). The quantitative estimate of drug-likeness (QED) is 0.809. The molecule has 0 spiro atoms. The largest absolute Gasteiger partial charge is 0.399 e. The molecule has 0 saturated carbocycles. The van der Waals surface area contributed by atoms with Crippen molar-refractivity contribution in [3.8, 4) is 0 Å². The van der Waals surface area contributed by atoms with Crippen molar-refractivity contribution >= 4 is 26.6 Å². The van der Waals surface area contributed by atoms with E-state index in [9.17, 15) is 8.42 Å². The van der Waals surface area contributed by atoms with Crippen LogP contribution in [0.15, 0.2) is 18.2 Å². The molecule has 0 bridgehead atoms. The van der Waals surface area contributed by atoms with Crippen molar-refractivity contribution in [3.05, 3.63) is 24.0 Å². The average Bonchev–Trinajstić information content (AvgIpc) is 2.66. The molecule has 0 unspecified atom stereocenters. The molecular weight excluding hydrogens is 250 g/mol. The second-order valence-electron chi connectivity index (χ2n) is 4.41. The first-order valence-corrected chi connectivity index (χ1v) is 7.77. The fourth-order valence-electron chi connectivity index (χ4n) is 1.79. The third-order valence-electron chi connectivity index (χ3n) is 2.72. The summed E-state index contributed by atoms with van der Waals surface area (Å²) in [6, 6.07) is 5.28. The van der Waals surface area contributed by atoms with Gasteiger partial charge in [0.2, 0.25) is 0 Å². The number of unbranched alkanes of at least 4 members (excludes halogenated alkanes) is 1. The Morgan fingerprint density at radius 3 is 2.89 bits per heavy atom. The molecule has 2 rings (SSSR count). The molecule has 0 amide bonds. The maximum absolute atomic E-state index is 11.8. The minimum absolute atomic E-state index is 0.0401. The number of nitrogens with zero attached hydrogens (tertiary/aromatic N) is 1. The first-order chi connectivity index (χ1) is 8.50. The van der Waals surface area contributed by atoms with E-state index in [-0.39, 0.29) is 11.5 Å². The van der Waals surface area contributed by atoms with E-state index in [2.05, 4.69) is 9.97 Å². The normalized spacial score (nSPS) is 12.1. The summed E-state index contributed by atoms with van der Waals surface area (Å²) in [6.45, 7) is 1.97. The van der Waals surface area contributed by atoms with Crippen molar-refractivity contribution in [2.45, 2.75) is 25.5 Å². The van der Waals surface area contributed by atoms with Crippen molar-refractivity contribution in [2.75, 3.05) is 11.5 Å². The lowest BCUT2D eigenvalue weighted by Gasteiger charge is -2.00. The number of fused-ring (bicyclic) bond motifs is 1. The molecule has 0 fully saturated rings. The molecule has 3 N–H and O–H groups in total. The Hall–Kier alpha value is -1.56. The summed E-state index contributed by atoms with van der Waals surface area (Å²) < 4.78 is 23.6. The van der Waals surface area contributed by atoms with E-state index >= 15 is 0 Å². The summed E-state index contributed by atoms with van der Waals surface area (Å²) in [4.78, 5) is 7.26. The first kappa shape index (κ1) is 12.9. The van der Waals surface area contributed by atoms with E-state index in [1.54, 1.807) is 18.2 Å². The van der Waals surface area contributed by atoms with Crippen LogP contribution >= 0.6 is 0 Å². The summed E-state index contributed by atoms with van der Waals surface area (Å²) >= 11 is 0. The van der Waals surface area contributed by atoms with Gasteiger partial charge in [0.05, 0.1) is 16.8 Å². The molecule has 98 valence electrons. The maximum Gasteiger partial charge on any atom is 0.157 e. The molecule has 6 heteroatoms. The number of hydrogen-bond donors (Lipinski definition) is 2. The van der Waals surface area contributed by atoms with E-state index in [0.29, 0.717) is 17.9 Å². The van der Waals surface area contributed by atoms with Gasteiger partial charge in [-0.1, -0.05) is 13.3 Å². The van der Waals surface area contributed by atoms with Crippen LogP contribution in [0.25, 0.3) is 11.0 Å². The predicted molar refractivity (Wildman–Crippen MR) is 72.9 cm³/mol. The maximum atomic E-state index is 11.8. The van der Waals surface area contributed by atoms with Crippen LogP contribution in [0.2, 0.25) is 0 Å². The van der Waals surface area contributed by atoms with Gasteiger partial charge in [-0.25, -0.2) is 13.4 Å². The Morgan fingerprint density at radius 1 is 1.39 bits per heavy atom. The van der Waals surface area contributed by atoms with Crippen molar-refractivity contribution in [2.24, 2.45) is 0 Å². The molecule has 0 saturated heterocycles. The molecule has 18 heavy (non-hydrogen) atoms. The van der Waals surface area contributed by atoms with Gasteiger partial charge in [-0.05, 0) is 24.6 Å². The lowest BCUT2D eigenvalue weighted by Crippen LogP contribution is -2.10. The number of aromatic amines is 1. The monoisotopic (exact) mass is 267 g/mol. The van der Waals surface area contributed by atoms with Crippen molar-refractivity contribution in [1.82, 2.24) is 9.97 Å². The molecule has 5 nitrogen and oxygen atoms in total. The highest BCUT2D eigenvalue weighted by Gasteiger charge is 2.14. The molecule has 1 aromatic heterocycles. The zero-order valence-electron chi connectivity index (χ0n) is 10.3. The van der Waals surface area contributed by atoms with Crippen LogP contribution in [0.3, 0.4) is 0 Å². The lowest BCUT2D eigenvalue weighted by molar-refractivity contribution is 0.591. The third-order valence-corrected chi connectivity index (χ3v) is 4.34. The van der Waals surface area contributed by atoms with Crippen LogP contribution in [0.4, 0.5) is 5.69 Å². The molecule has 2 aromatic rings. The number of imidazole rings is 1. The summed E-state index contributed by atoms with van der Waals surface area (Å²) in [6.07, 6.45) is 1.56. The van der Waals surface area contributed by atoms with E-state index < -0.39 is 9.84 Å². The Labute approximate surface area is 106 Å². The minimum atomic E-state index is -3.08. The van der Waals surface area contributed by atoms with Crippen LogP contribution in [-0.2, 0) is 15.6 Å². The summed E-state index contributed by atoms with van der Waals surface area (Å²) in [5.41, 5.74) is 7.81. The van der Waals surface area contributed by atoms with Crippen LogP contribution in [0, 0.1) is 0 Å². The van der Waals surface area contributed by atoms with Gasteiger partial charge < -0.3 is 10.7 Å². The van der Waals surface area contributed by atoms with E-state index in [1.807, 2.05) is 6.92 Å². The summed E-state index contributed by atoms with van der Waals surface area (Å²) in [5, 5.41) is 0. The number of nitrogens with one attached hydrogen (secondary N) is 1. The van der Waals surface area contributed by atoms with E-state index in [1.165, 1.54) is 0 Å². The van der Waals surface area contributed by atoms with Crippen LogP contribution in [0.1, 0.15) is 25.6 Å². The smallest absolute Gasteiger partial charge is 0.157 e. The van der Waals surface area contributed by atoms with Gasteiger partial charge in [0, 0.05) is 5.69 Å². The Bertz CT molecular complexity index is 646. The van der Waals surface area contributed by atoms with E-state index in [0.717, 1.165) is 17.5 Å². The molecule has 0 aliphatic rings. The number of sulfone groups is 1. The highest BCUT2D eigenvalue weighted by atomic mass is 32.2. The van der Waals surface area contributed by atoms with Gasteiger partial charge in [-0.3, -0.25) is 0 Å².